The molecule has 0 fully saturated rings. The maximum absolute atomic E-state index is 5.47. The van der Waals surface area contributed by atoms with Crippen molar-refractivity contribution in [1.82, 2.24) is 18.7 Å². The van der Waals surface area contributed by atoms with E-state index in [0.29, 0.717) is 0 Å². The number of nitrogens with zero attached hydrogens (tertiary/aromatic N) is 4. The molecule has 3 aromatic heterocycles. The Labute approximate surface area is 254 Å². The molecule has 6 aromatic carbocycles. The molecule has 0 N–H and O–H groups in total. The van der Waals surface area contributed by atoms with Crippen LogP contribution in [0.1, 0.15) is 5.56 Å². The van der Waals surface area contributed by atoms with Crippen LogP contribution >= 0.6 is 0 Å². The Balaban J connectivity index is 1.57. The number of hydrogen-bond donors (Lipinski definition) is 0. The van der Waals surface area contributed by atoms with Crippen LogP contribution in [0.15, 0.2) is 152 Å². The summed E-state index contributed by atoms with van der Waals surface area (Å²) in [6, 6.07) is 53.9. The summed E-state index contributed by atoms with van der Waals surface area (Å²) in [6.07, 6.45) is 0. The van der Waals surface area contributed by atoms with Gasteiger partial charge in [0.05, 0.1) is 21.9 Å². The maximum atomic E-state index is 5.47. The van der Waals surface area contributed by atoms with Crippen LogP contribution in [0.3, 0.4) is 0 Å². The third-order valence-corrected chi connectivity index (χ3v) is 8.68. The topological polar surface area (TPSA) is 27.7 Å². The summed E-state index contributed by atoms with van der Waals surface area (Å²) >= 11 is 0. The minimum Gasteiger partial charge on any atom is -0.308 e. The Hall–Kier alpha value is -5.87. The second kappa shape index (κ2) is 9.58. The van der Waals surface area contributed by atoms with E-state index in [9.17, 15) is 0 Å². The molecule has 0 atom stereocenters. The molecular weight excluding hydrogens is 536 g/mol. The normalized spacial score (nSPS) is 11.8. The predicted octanol–water partition coefficient (Wildman–Crippen LogP) is 10.0. The Morgan fingerprint density at radius 3 is 1.82 bits per heavy atom. The van der Waals surface area contributed by atoms with Gasteiger partial charge < -0.3 is 4.57 Å². The quantitative estimate of drug-likeness (QED) is 0.209. The average Bonchev–Trinajstić information content (AvgIpc) is 3.73. The predicted molar refractivity (Wildman–Crippen MR) is 182 cm³/mol. The summed E-state index contributed by atoms with van der Waals surface area (Å²) in [7, 11) is 0. The Kier molecular flexibility index (Phi) is 5.38. The molecule has 208 valence electrons. The molecule has 0 amide bonds. The first-order chi connectivity index (χ1) is 21.8. The lowest BCUT2D eigenvalue weighted by molar-refractivity contribution is 1.10. The van der Waals surface area contributed by atoms with Crippen molar-refractivity contribution in [2.24, 2.45) is 0 Å². The molecule has 0 spiro atoms. The molecule has 0 aliphatic rings. The van der Waals surface area contributed by atoms with E-state index >= 15 is 0 Å². The van der Waals surface area contributed by atoms with Crippen LogP contribution in [-0.4, -0.2) is 18.7 Å². The lowest BCUT2D eigenvalue weighted by Gasteiger charge is -2.13. The van der Waals surface area contributed by atoms with E-state index < -0.39 is 0 Å². The van der Waals surface area contributed by atoms with Crippen molar-refractivity contribution >= 4 is 43.9 Å². The highest BCUT2D eigenvalue weighted by Gasteiger charge is 2.26. The highest BCUT2D eigenvalue weighted by molar-refractivity contribution is 6.25. The summed E-state index contributed by atoms with van der Waals surface area (Å²) in [4.78, 5) is 5.47. The first kappa shape index (κ1) is 24.7. The van der Waals surface area contributed by atoms with Gasteiger partial charge in [0.1, 0.15) is 11.3 Å². The maximum Gasteiger partial charge on any atom is 0.165 e. The van der Waals surface area contributed by atoms with Gasteiger partial charge in [-0.2, -0.15) is 0 Å². The van der Waals surface area contributed by atoms with Gasteiger partial charge in [-0.25, -0.2) is 4.98 Å². The number of para-hydroxylation sites is 3. The highest BCUT2D eigenvalue weighted by Crippen LogP contribution is 2.44. The second-order valence-electron chi connectivity index (χ2n) is 11.4. The van der Waals surface area contributed by atoms with Gasteiger partial charge in [0.15, 0.2) is 5.65 Å². The molecular formula is C40H28N4. The fraction of sp³-hybridized carbons (Fsp3) is 0.0250. The number of aryl methyl sites for hydroxylation is 1. The summed E-state index contributed by atoms with van der Waals surface area (Å²) in [5, 5.41) is 3.64. The van der Waals surface area contributed by atoms with Gasteiger partial charge in [0.2, 0.25) is 0 Å². The van der Waals surface area contributed by atoms with E-state index in [1.165, 1.54) is 32.8 Å². The number of imidazole rings is 1. The monoisotopic (exact) mass is 564 g/mol. The van der Waals surface area contributed by atoms with Gasteiger partial charge in [-0.1, -0.05) is 103 Å². The minimum absolute atomic E-state index is 0.920. The fourth-order valence-corrected chi connectivity index (χ4v) is 6.85. The highest BCUT2D eigenvalue weighted by atomic mass is 15.2. The summed E-state index contributed by atoms with van der Waals surface area (Å²) < 4.78 is 7.12. The van der Waals surface area contributed by atoms with Crippen molar-refractivity contribution in [3.05, 3.63) is 157 Å². The number of hydrogen-bond acceptors (Lipinski definition) is 1. The van der Waals surface area contributed by atoms with Crippen molar-refractivity contribution in [2.45, 2.75) is 6.92 Å². The number of rotatable bonds is 4. The molecule has 0 aliphatic heterocycles. The van der Waals surface area contributed by atoms with Crippen molar-refractivity contribution in [1.29, 1.82) is 0 Å². The van der Waals surface area contributed by atoms with E-state index in [0.717, 1.165) is 45.1 Å². The van der Waals surface area contributed by atoms with Crippen LogP contribution in [0.5, 0.6) is 0 Å². The Bertz CT molecular complexity index is 2480. The molecule has 0 radical (unpaired) electrons. The van der Waals surface area contributed by atoms with Gasteiger partial charge in [-0.15, -0.1) is 0 Å². The van der Waals surface area contributed by atoms with Crippen LogP contribution in [0.4, 0.5) is 0 Å². The van der Waals surface area contributed by atoms with Crippen LogP contribution in [-0.2, 0) is 0 Å². The molecule has 3 heterocycles. The zero-order valence-corrected chi connectivity index (χ0v) is 24.2. The van der Waals surface area contributed by atoms with E-state index in [1.54, 1.807) is 0 Å². The third kappa shape index (κ3) is 3.55. The molecule has 4 heteroatoms. The first-order valence-electron chi connectivity index (χ1n) is 15.0. The van der Waals surface area contributed by atoms with E-state index in [1.807, 2.05) is 0 Å². The largest absolute Gasteiger partial charge is 0.308 e. The zero-order valence-electron chi connectivity index (χ0n) is 24.2. The van der Waals surface area contributed by atoms with Crippen molar-refractivity contribution in [3.8, 4) is 28.5 Å². The SMILES string of the molecule is Cc1cccc(-n2c3ccccc3c3ccc4c(c5c(nc(-c6ccccc6)n5-c5ccccc5)n4-c4ccccc4)c32)c1. The van der Waals surface area contributed by atoms with Crippen molar-refractivity contribution in [3.63, 3.8) is 0 Å². The molecule has 0 unspecified atom stereocenters. The molecule has 0 aliphatic carbocycles. The van der Waals surface area contributed by atoms with Gasteiger partial charge >= 0.3 is 0 Å². The zero-order chi connectivity index (χ0) is 29.2. The van der Waals surface area contributed by atoms with Crippen LogP contribution in [0.2, 0.25) is 0 Å². The molecule has 0 saturated heterocycles. The standard InChI is InChI=1S/C40H28N4/c1-27-14-13-21-31(26-27)42-34-23-12-11-22-32(34)33-24-25-35-36(37(33)42)38-40(43(35)29-17-7-3-8-18-29)41-39(28-15-5-2-6-16-28)44(38)30-19-9-4-10-20-30/h2-26H,1H3. The first-order valence-corrected chi connectivity index (χ1v) is 15.0. The number of aromatic nitrogens is 4. The third-order valence-electron chi connectivity index (χ3n) is 8.68. The molecule has 9 rings (SSSR count). The Morgan fingerprint density at radius 2 is 1.09 bits per heavy atom. The summed E-state index contributed by atoms with van der Waals surface area (Å²) in [6.45, 7) is 2.16. The van der Waals surface area contributed by atoms with E-state index in [4.69, 9.17) is 4.98 Å². The van der Waals surface area contributed by atoms with E-state index in [2.05, 4.69) is 172 Å². The van der Waals surface area contributed by atoms with Gasteiger partial charge in [-0.3, -0.25) is 9.13 Å². The van der Waals surface area contributed by atoms with Gasteiger partial charge in [0.25, 0.3) is 0 Å². The van der Waals surface area contributed by atoms with Crippen molar-refractivity contribution in [2.75, 3.05) is 0 Å². The van der Waals surface area contributed by atoms with Crippen molar-refractivity contribution < 1.29 is 0 Å². The van der Waals surface area contributed by atoms with Gasteiger partial charge in [-0.05, 0) is 61.0 Å². The number of benzene rings is 6. The van der Waals surface area contributed by atoms with Crippen LogP contribution in [0.25, 0.3) is 72.3 Å². The summed E-state index contributed by atoms with van der Waals surface area (Å²) in [5.41, 5.74) is 11.2. The molecule has 0 bridgehead atoms. The minimum atomic E-state index is 0.920. The molecule has 4 nitrogen and oxygen atoms in total. The van der Waals surface area contributed by atoms with Crippen LogP contribution in [0, 0.1) is 6.92 Å². The second-order valence-corrected chi connectivity index (χ2v) is 11.4. The smallest absolute Gasteiger partial charge is 0.165 e. The Morgan fingerprint density at radius 1 is 0.455 bits per heavy atom. The summed E-state index contributed by atoms with van der Waals surface area (Å²) in [5.74, 6) is 0.920. The number of fused-ring (bicyclic) bond motifs is 7. The molecule has 44 heavy (non-hydrogen) atoms. The van der Waals surface area contributed by atoms with E-state index in [-0.39, 0.29) is 0 Å². The lowest BCUT2D eigenvalue weighted by Crippen LogP contribution is -1.99. The lowest BCUT2D eigenvalue weighted by atomic mass is 10.1. The molecule has 9 aromatic rings. The fourth-order valence-electron chi connectivity index (χ4n) is 6.85. The molecule has 0 saturated carbocycles. The van der Waals surface area contributed by atoms with Crippen LogP contribution < -0.4 is 0 Å². The van der Waals surface area contributed by atoms with Gasteiger partial charge in [0, 0.05) is 33.4 Å². The average molecular weight is 565 g/mol.